The molecule has 1 aromatic heterocycles. The van der Waals surface area contributed by atoms with Crippen molar-refractivity contribution in [2.24, 2.45) is 0 Å². The summed E-state index contributed by atoms with van der Waals surface area (Å²) in [4.78, 5) is 0. The number of hydrogen-bond acceptors (Lipinski definition) is 3. The zero-order chi connectivity index (χ0) is 10.8. The number of nitrogens with zero attached hydrogens (tertiary/aromatic N) is 2. The van der Waals surface area contributed by atoms with Gasteiger partial charge in [-0.25, -0.2) is 0 Å². The highest BCUT2D eigenvalue weighted by atomic mass is 15.1. The Kier molecular flexibility index (Phi) is 2.54. The van der Waals surface area contributed by atoms with Crippen molar-refractivity contribution >= 4 is 10.8 Å². The molecule has 82 valence electrons. The lowest BCUT2D eigenvalue weighted by atomic mass is 9.89. The molecular weight excluding hydrogens is 198 g/mol. The van der Waals surface area contributed by atoms with E-state index in [2.05, 4.69) is 33.7 Å². The van der Waals surface area contributed by atoms with E-state index >= 15 is 0 Å². The molecule has 1 unspecified atom stereocenters. The van der Waals surface area contributed by atoms with Crippen molar-refractivity contribution in [2.45, 2.75) is 18.8 Å². The normalized spacial score (nSPS) is 21.1. The van der Waals surface area contributed by atoms with Crippen LogP contribution in [0, 0.1) is 0 Å². The van der Waals surface area contributed by atoms with E-state index in [4.69, 9.17) is 0 Å². The number of piperidine rings is 1. The van der Waals surface area contributed by atoms with Gasteiger partial charge in [0.2, 0.25) is 0 Å². The van der Waals surface area contributed by atoms with Crippen molar-refractivity contribution in [3.05, 3.63) is 36.2 Å². The van der Waals surface area contributed by atoms with Gasteiger partial charge in [-0.1, -0.05) is 18.2 Å². The first-order valence-electron chi connectivity index (χ1n) is 5.85. The Morgan fingerprint density at radius 1 is 1.19 bits per heavy atom. The minimum Gasteiger partial charge on any atom is -0.316 e. The fraction of sp³-hybridized carbons (Fsp3) is 0.385. The van der Waals surface area contributed by atoms with E-state index in [1.165, 1.54) is 29.2 Å². The second-order valence-electron chi connectivity index (χ2n) is 4.38. The molecule has 3 nitrogen and oxygen atoms in total. The maximum Gasteiger partial charge on any atom is 0.0577 e. The first-order valence-corrected chi connectivity index (χ1v) is 5.85. The second-order valence-corrected chi connectivity index (χ2v) is 4.38. The van der Waals surface area contributed by atoms with Crippen molar-refractivity contribution in [2.75, 3.05) is 13.1 Å². The Morgan fingerprint density at radius 3 is 3.00 bits per heavy atom. The van der Waals surface area contributed by atoms with E-state index in [0.717, 1.165) is 13.1 Å². The standard InChI is InChI=1S/C13H15N3/c1-3-11-8-15-16-9-13(11)12(5-1)10-4-2-6-14-7-10/h1,3,5,8-10,14H,2,4,6-7H2. The quantitative estimate of drug-likeness (QED) is 0.788. The van der Waals surface area contributed by atoms with Crippen LogP contribution in [0.1, 0.15) is 24.3 Å². The highest BCUT2D eigenvalue weighted by Gasteiger charge is 2.16. The van der Waals surface area contributed by atoms with Gasteiger partial charge in [0.25, 0.3) is 0 Å². The summed E-state index contributed by atoms with van der Waals surface area (Å²) in [5.41, 5.74) is 1.42. The topological polar surface area (TPSA) is 37.8 Å². The van der Waals surface area contributed by atoms with Gasteiger partial charge in [-0.3, -0.25) is 0 Å². The molecule has 16 heavy (non-hydrogen) atoms. The molecule has 0 aliphatic carbocycles. The minimum absolute atomic E-state index is 0.627. The van der Waals surface area contributed by atoms with Crippen molar-refractivity contribution in [1.82, 2.24) is 15.5 Å². The van der Waals surface area contributed by atoms with Crippen LogP contribution in [-0.2, 0) is 0 Å². The number of fused-ring (bicyclic) bond motifs is 1. The Balaban J connectivity index is 2.08. The average Bonchev–Trinajstić information content (AvgIpc) is 2.39. The maximum absolute atomic E-state index is 4.00. The summed E-state index contributed by atoms with van der Waals surface area (Å²) >= 11 is 0. The minimum atomic E-state index is 0.627. The lowest BCUT2D eigenvalue weighted by Crippen LogP contribution is -2.28. The number of nitrogens with one attached hydrogen (secondary N) is 1. The summed E-state index contributed by atoms with van der Waals surface area (Å²) in [5.74, 6) is 0.627. The van der Waals surface area contributed by atoms with E-state index in [9.17, 15) is 0 Å². The van der Waals surface area contributed by atoms with Gasteiger partial charge in [0.1, 0.15) is 0 Å². The van der Waals surface area contributed by atoms with Crippen LogP contribution in [0.4, 0.5) is 0 Å². The van der Waals surface area contributed by atoms with Crippen molar-refractivity contribution in [3.63, 3.8) is 0 Å². The third kappa shape index (κ3) is 1.67. The molecule has 1 aliphatic rings. The van der Waals surface area contributed by atoms with Gasteiger partial charge in [0.05, 0.1) is 12.4 Å². The molecule has 1 aromatic carbocycles. The summed E-state index contributed by atoms with van der Waals surface area (Å²) in [6.45, 7) is 2.24. The molecule has 2 heterocycles. The van der Waals surface area contributed by atoms with Gasteiger partial charge in [-0.15, -0.1) is 0 Å². The van der Waals surface area contributed by atoms with Crippen molar-refractivity contribution in [1.29, 1.82) is 0 Å². The molecule has 0 saturated carbocycles. The van der Waals surface area contributed by atoms with Crippen LogP contribution in [0.3, 0.4) is 0 Å². The van der Waals surface area contributed by atoms with Crippen molar-refractivity contribution < 1.29 is 0 Å². The molecule has 1 saturated heterocycles. The predicted octanol–water partition coefficient (Wildman–Crippen LogP) is 2.10. The molecule has 0 spiro atoms. The van der Waals surface area contributed by atoms with Crippen LogP contribution in [0.5, 0.6) is 0 Å². The van der Waals surface area contributed by atoms with Gasteiger partial charge in [-0.05, 0) is 30.9 Å². The van der Waals surface area contributed by atoms with E-state index in [0.29, 0.717) is 5.92 Å². The smallest absolute Gasteiger partial charge is 0.0577 e. The third-order valence-corrected chi connectivity index (χ3v) is 3.36. The monoisotopic (exact) mass is 213 g/mol. The zero-order valence-corrected chi connectivity index (χ0v) is 9.19. The van der Waals surface area contributed by atoms with Gasteiger partial charge >= 0.3 is 0 Å². The maximum atomic E-state index is 4.00. The van der Waals surface area contributed by atoms with Gasteiger partial charge in [0, 0.05) is 17.3 Å². The number of benzene rings is 1. The summed E-state index contributed by atoms with van der Waals surface area (Å²) in [6.07, 6.45) is 6.27. The summed E-state index contributed by atoms with van der Waals surface area (Å²) in [5, 5.41) is 13.8. The molecular formula is C13H15N3. The Bertz CT molecular complexity index is 484. The first-order chi connectivity index (χ1) is 7.95. The average molecular weight is 213 g/mol. The van der Waals surface area contributed by atoms with E-state index in [1.54, 1.807) is 0 Å². The fourth-order valence-electron chi connectivity index (χ4n) is 2.52. The van der Waals surface area contributed by atoms with Crippen LogP contribution in [0.25, 0.3) is 10.8 Å². The van der Waals surface area contributed by atoms with Gasteiger partial charge in [-0.2, -0.15) is 10.2 Å². The van der Waals surface area contributed by atoms with E-state index < -0.39 is 0 Å². The molecule has 3 heteroatoms. The van der Waals surface area contributed by atoms with Crippen molar-refractivity contribution in [3.8, 4) is 0 Å². The number of aromatic nitrogens is 2. The van der Waals surface area contributed by atoms with Crippen LogP contribution in [-0.4, -0.2) is 23.3 Å². The van der Waals surface area contributed by atoms with Gasteiger partial charge < -0.3 is 5.32 Å². The lowest BCUT2D eigenvalue weighted by molar-refractivity contribution is 0.463. The molecule has 3 rings (SSSR count). The fourth-order valence-corrected chi connectivity index (χ4v) is 2.52. The molecule has 1 atom stereocenters. The molecule has 1 aliphatic heterocycles. The highest BCUT2D eigenvalue weighted by Crippen LogP contribution is 2.28. The number of rotatable bonds is 1. The molecule has 0 amide bonds. The highest BCUT2D eigenvalue weighted by molar-refractivity contribution is 5.84. The first kappa shape index (κ1) is 9.73. The largest absolute Gasteiger partial charge is 0.316 e. The summed E-state index contributed by atoms with van der Waals surface area (Å²) in [7, 11) is 0. The lowest BCUT2D eigenvalue weighted by Gasteiger charge is -2.24. The van der Waals surface area contributed by atoms with E-state index in [-0.39, 0.29) is 0 Å². The van der Waals surface area contributed by atoms with Crippen LogP contribution in [0.2, 0.25) is 0 Å². The Morgan fingerprint density at radius 2 is 2.12 bits per heavy atom. The molecule has 0 radical (unpaired) electrons. The molecule has 1 fully saturated rings. The summed E-state index contributed by atoms with van der Waals surface area (Å²) < 4.78 is 0. The SMILES string of the molecule is c1cc(C2CCCNC2)c2cnncc2c1. The molecule has 1 N–H and O–H groups in total. The third-order valence-electron chi connectivity index (χ3n) is 3.36. The van der Waals surface area contributed by atoms with Gasteiger partial charge in [0.15, 0.2) is 0 Å². The molecule has 2 aromatic rings. The predicted molar refractivity (Wildman–Crippen MR) is 64.4 cm³/mol. The van der Waals surface area contributed by atoms with Crippen LogP contribution in [0.15, 0.2) is 30.6 Å². The number of hydrogen-bond donors (Lipinski definition) is 1. The van der Waals surface area contributed by atoms with E-state index in [1.807, 2.05) is 12.4 Å². The zero-order valence-electron chi connectivity index (χ0n) is 9.19. The second kappa shape index (κ2) is 4.18. The molecule has 0 bridgehead atoms. The van der Waals surface area contributed by atoms with Crippen LogP contribution >= 0.6 is 0 Å². The Labute approximate surface area is 94.9 Å². The Hall–Kier alpha value is -1.48. The van der Waals surface area contributed by atoms with Crippen LogP contribution < -0.4 is 5.32 Å². The summed E-state index contributed by atoms with van der Waals surface area (Å²) in [6, 6.07) is 6.44.